The van der Waals surface area contributed by atoms with Crippen LogP contribution >= 0.6 is 12.2 Å². The number of pyridine rings is 1. The Morgan fingerprint density at radius 2 is 1.79 bits per heavy atom. The molecule has 4 bridgehead atoms. The average Bonchev–Trinajstić information content (AvgIpc) is 2.81. The van der Waals surface area contributed by atoms with Crippen molar-refractivity contribution in [3.8, 4) is 22.8 Å². The molecular formula is C25H27N5O2S. The maximum Gasteiger partial charge on any atom is 0.180 e. The molecule has 2 aromatic heterocycles. The molecule has 4 aliphatic rings. The Labute approximate surface area is 198 Å². The van der Waals surface area contributed by atoms with Crippen molar-refractivity contribution in [1.82, 2.24) is 20.3 Å². The van der Waals surface area contributed by atoms with Gasteiger partial charge in [-0.25, -0.2) is 15.0 Å². The van der Waals surface area contributed by atoms with E-state index in [-0.39, 0.29) is 5.75 Å². The molecule has 4 saturated carbocycles. The largest absolute Gasteiger partial charge is 0.504 e. The van der Waals surface area contributed by atoms with Gasteiger partial charge in [0, 0.05) is 11.6 Å². The summed E-state index contributed by atoms with van der Waals surface area (Å²) in [5, 5.41) is 17.3. The van der Waals surface area contributed by atoms with Crippen molar-refractivity contribution in [1.29, 1.82) is 0 Å². The normalized spacial score (nSPS) is 27.5. The number of phenolic OH excluding ortho intramolecular Hbond substituents is 1. The van der Waals surface area contributed by atoms with Gasteiger partial charge in [0.1, 0.15) is 5.52 Å². The molecule has 170 valence electrons. The summed E-state index contributed by atoms with van der Waals surface area (Å²) >= 11 is 5.65. The Balaban J connectivity index is 1.19. The Hall–Kier alpha value is -3.00. The number of hydrogen-bond acceptors (Lipinski definition) is 6. The van der Waals surface area contributed by atoms with Crippen LogP contribution in [0.1, 0.15) is 32.1 Å². The summed E-state index contributed by atoms with van der Waals surface area (Å²) in [5.41, 5.74) is 2.78. The summed E-state index contributed by atoms with van der Waals surface area (Å²) in [4.78, 5) is 13.8. The third-order valence-electron chi connectivity index (χ3n) is 7.65. The predicted octanol–water partition coefficient (Wildman–Crippen LogP) is 4.52. The Morgan fingerprint density at radius 3 is 2.52 bits per heavy atom. The number of methoxy groups -OCH3 is 1. The summed E-state index contributed by atoms with van der Waals surface area (Å²) in [6, 6.07) is 9.39. The van der Waals surface area contributed by atoms with E-state index in [0.717, 1.165) is 34.9 Å². The van der Waals surface area contributed by atoms with E-state index in [2.05, 4.69) is 25.6 Å². The number of fused-ring (bicyclic) bond motifs is 1. The zero-order valence-electron chi connectivity index (χ0n) is 18.5. The van der Waals surface area contributed by atoms with Crippen LogP contribution in [-0.4, -0.2) is 38.3 Å². The van der Waals surface area contributed by atoms with Crippen LogP contribution in [-0.2, 0) is 0 Å². The van der Waals surface area contributed by atoms with Crippen molar-refractivity contribution in [3.05, 3.63) is 36.5 Å². The van der Waals surface area contributed by atoms with Crippen LogP contribution in [0.2, 0.25) is 0 Å². The molecule has 0 spiro atoms. The Bertz CT molecular complexity index is 1200. The van der Waals surface area contributed by atoms with E-state index in [0.29, 0.717) is 33.9 Å². The number of aromatic hydroxyl groups is 1. The highest BCUT2D eigenvalue weighted by atomic mass is 32.1. The van der Waals surface area contributed by atoms with E-state index in [1.54, 1.807) is 24.4 Å². The molecule has 33 heavy (non-hydrogen) atoms. The molecule has 0 unspecified atom stereocenters. The first-order chi connectivity index (χ1) is 16.1. The second-order valence-electron chi connectivity index (χ2n) is 9.74. The summed E-state index contributed by atoms with van der Waals surface area (Å²) in [6.45, 7) is 0. The lowest BCUT2D eigenvalue weighted by Crippen LogP contribution is -2.56. The van der Waals surface area contributed by atoms with Gasteiger partial charge >= 0.3 is 0 Å². The van der Waals surface area contributed by atoms with Crippen LogP contribution in [0.4, 0.5) is 5.82 Å². The lowest BCUT2D eigenvalue weighted by molar-refractivity contribution is -0.00665. The van der Waals surface area contributed by atoms with Crippen LogP contribution in [0.3, 0.4) is 0 Å². The van der Waals surface area contributed by atoms with Gasteiger partial charge in [0.2, 0.25) is 0 Å². The second kappa shape index (κ2) is 8.09. The monoisotopic (exact) mass is 461 g/mol. The van der Waals surface area contributed by atoms with Crippen molar-refractivity contribution in [3.63, 3.8) is 0 Å². The van der Waals surface area contributed by atoms with Crippen LogP contribution in [0, 0.1) is 23.7 Å². The number of ether oxygens (including phenoxy) is 1. The van der Waals surface area contributed by atoms with Gasteiger partial charge in [0.05, 0.1) is 19.0 Å². The van der Waals surface area contributed by atoms with Crippen molar-refractivity contribution < 1.29 is 9.84 Å². The molecule has 0 saturated heterocycles. The van der Waals surface area contributed by atoms with E-state index >= 15 is 0 Å². The average molecular weight is 462 g/mol. The highest BCUT2D eigenvalue weighted by molar-refractivity contribution is 7.80. The van der Waals surface area contributed by atoms with Gasteiger partial charge in [-0.15, -0.1) is 0 Å². The molecule has 0 atom stereocenters. The number of nitrogens with one attached hydrogen (secondary N) is 2. The first-order valence-electron chi connectivity index (χ1n) is 11.6. The molecule has 7 nitrogen and oxygen atoms in total. The SMILES string of the molecule is COc1cc(-c2ccc3ncc(NC(=S)NC4[C@H]5C[C@@H]6C[C@@H](C[C@H]4C6)C5)nc3n2)ccc1O. The number of benzene rings is 1. The fraction of sp³-hybridized carbons (Fsp3) is 0.440. The van der Waals surface area contributed by atoms with E-state index in [1.165, 1.54) is 39.2 Å². The predicted molar refractivity (Wildman–Crippen MR) is 131 cm³/mol. The molecular weight excluding hydrogens is 434 g/mol. The first kappa shape index (κ1) is 20.6. The summed E-state index contributed by atoms with van der Waals surface area (Å²) in [6.07, 6.45) is 8.52. The highest BCUT2D eigenvalue weighted by Gasteiger charge is 2.48. The van der Waals surface area contributed by atoms with Crippen molar-refractivity contribution in [2.24, 2.45) is 23.7 Å². The summed E-state index contributed by atoms with van der Waals surface area (Å²) in [5.74, 6) is 4.44. The molecule has 0 radical (unpaired) electrons. The second-order valence-corrected chi connectivity index (χ2v) is 10.1. The van der Waals surface area contributed by atoms with Gasteiger partial charge in [-0.1, -0.05) is 0 Å². The molecule has 0 aliphatic heterocycles. The number of hydrogen-bond donors (Lipinski definition) is 3. The lowest BCUT2D eigenvalue weighted by atomic mass is 9.54. The molecule has 4 aliphatic carbocycles. The number of aromatic nitrogens is 3. The zero-order valence-corrected chi connectivity index (χ0v) is 19.3. The smallest absolute Gasteiger partial charge is 0.180 e. The summed E-state index contributed by atoms with van der Waals surface area (Å²) < 4.78 is 5.22. The van der Waals surface area contributed by atoms with Gasteiger partial charge in [0.25, 0.3) is 0 Å². The lowest BCUT2D eigenvalue weighted by Gasteiger charge is -2.54. The fourth-order valence-electron chi connectivity index (χ4n) is 6.42. The maximum absolute atomic E-state index is 9.86. The number of anilines is 1. The number of thiocarbonyl (C=S) groups is 1. The Morgan fingerprint density at radius 1 is 1.03 bits per heavy atom. The summed E-state index contributed by atoms with van der Waals surface area (Å²) in [7, 11) is 1.52. The first-order valence-corrected chi connectivity index (χ1v) is 12.0. The third kappa shape index (κ3) is 3.86. The topological polar surface area (TPSA) is 92.2 Å². The van der Waals surface area contributed by atoms with E-state index in [9.17, 15) is 5.11 Å². The van der Waals surface area contributed by atoms with Gasteiger partial charge in [-0.3, -0.25) is 0 Å². The number of phenols is 1. The van der Waals surface area contributed by atoms with Gasteiger partial charge in [-0.05, 0) is 98.3 Å². The quantitative estimate of drug-likeness (QED) is 0.489. The molecule has 0 amide bonds. The standard InChI is InChI=1S/C25H27N5O2S/c1-32-21-11-15(2-5-20(21)31)18-3-4-19-24(27-18)28-22(12-26-19)29-25(33)30-23-16-7-13-6-14(9-16)10-17(23)8-13/h2-5,11-14,16-17,23,31H,6-10H2,1H3,(H2,27,28,29,30,33)/t13-,14+,16-,17+,23?. The van der Waals surface area contributed by atoms with Crippen molar-refractivity contribution >= 4 is 34.3 Å². The Kier molecular flexibility index (Phi) is 5.05. The van der Waals surface area contributed by atoms with Crippen LogP contribution < -0.4 is 15.4 Å². The van der Waals surface area contributed by atoms with E-state index < -0.39 is 0 Å². The minimum atomic E-state index is 0.0912. The van der Waals surface area contributed by atoms with Gasteiger partial charge in [0.15, 0.2) is 28.1 Å². The van der Waals surface area contributed by atoms with Gasteiger partial charge < -0.3 is 20.5 Å². The molecule has 7 rings (SSSR count). The van der Waals surface area contributed by atoms with Gasteiger partial charge in [-0.2, -0.15) is 0 Å². The van der Waals surface area contributed by atoms with E-state index in [4.69, 9.17) is 17.0 Å². The zero-order chi connectivity index (χ0) is 22.5. The van der Waals surface area contributed by atoms with Crippen molar-refractivity contribution in [2.75, 3.05) is 12.4 Å². The maximum atomic E-state index is 9.86. The molecule has 3 N–H and O–H groups in total. The molecule has 8 heteroatoms. The minimum absolute atomic E-state index is 0.0912. The minimum Gasteiger partial charge on any atom is -0.504 e. The van der Waals surface area contributed by atoms with Crippen LogP contribution in [0.25, 0.3) is 22.4 Å². The molecule has 2 heterocycles. The molecule has 1 aromatic carbocycles. The van der Waals surface area contributed by atoms with Crippen LogP contribution in [0.15, 0.2) is 36.5 Å². The molecule has 4 fully saturated rings. The van der Waals surface area contributed by atoms with Crippen molar-refractivity contribution in [2.45, 2.75) is 38.1 Å². The third-order valence-corrected chi connectivity index (χ3v) is 7.87. The number of rotatable bonds is 4. The fourth-order valence-corrected chi connectivity index (χ4v) is 6.66. The highest BCUT2D eigenvalue weighted by Crippen LogP contribution is 2.53. The number of nitrogens with zero attached hydrogens (tertiary/aromatic N) is 3. The van der Waals surface area contributed by atoms with Crippen LogP contribution in [0.5, 0.6) is 11.5 Å². The van der Waals surface area contributed by atoms with E-state index in [1.807, 2.05) is 12.1 Å². The molecule has 3 aromatic rings.